The van der Waals surface area contributed by atoms with Crippen LogP contribution in [-0.4, -0.2) is 18.2 Å². The summed E-state index contributed by atoms with van der Waals surface area (Å²) < 4.78 is 24.5. The summed E-state index contributed by atoms with van der Waals surface area (Å²) in [6, 6.07) is 19.8. The number of ether oxygens (including phenoxy) is 4. The number of nitrogens with zero attached hydrogens (tertiary/aromatic N) is 2. The molecule has 1 aliphatic heterocycles. The van der Waals surface area contributed by atoms with Crippen molar-refractivity contribution in [2.45, 2.75) is 26.7 Å². The van der Waals surface area contributed by atoms with Crippen molar-refractivity contribution in [2.24, 2.45) is 5.73 Å². The molecule has 1 aliphatic rings. The number of halogens is 1. The van der Waals surface area contributed by atoms with E-state index in [-0.39, 0.29) is 6.61 Å². The van der Waals surface area contributed by atoms with E-state index in [4.69, 9.17) is 29.9 Å². The molecule has 0 radical (unpaired) electrons. The van der Waals surface area contributed by atoms with Crippen LogP contribution in [0.1, 0.15) is 27.8 Å². The van der Waals surface area contributed by atoms with Gasteiger partial charge in [0.2, 0.25) is 0 Å². The van der Waals surface area contributed by atoms with Gasteiger partial charge >= 0.3 is 0 Å². The smallest absolute Gasteiger partial charge is 0.161 e. The monoisotopic (exact) mass is 571 g/mol. The molecule has 2 heterocycles. The van der Waals surface area contributed by atoms with Crippen molar-refractivity contribution in [1.82, 2.24) is 4.98 Å². The fourth-order valence-corrected chi connectivity index (χ4v) is 4.79. The summed E-state index contributed by atoms with van der Waals surface area (Å²) >= 11 is 3.61. The molecule has 0 bridgehead atoms. The van der Waals surface area contributed by atoms with Gasteiger partial charge in [0.05, 0.1) is 10.0 Å². The van der Waals surface area contributed by atoms with Crippen LogP contribution in [0.5, 0.6) is 23.0 Å². The topological polar surface area (TPSA) is 99.6 Å². The van der Waals surface area contributed by atoms with Crippen molar-refractivity contribution in [1.29, 1.82) is 5.26 Å². The summed E-state index contributed by atoms with van der Waals surface area (Å²) in [6.45, 7) is 4.15. The normalized spacial score (nSPS) is 12.1. The first-order chi connectivity index (χ1) is 18.6. The zero-order valence-corrected chi connectivity index (χ0v) is 22.5. The van der Waals surface area contributed by atoms with E-state index in [2.05, 4.69) is 46.0 Å². The lowest BCUT2D eigenvalue weighted by molar-refractivity contribution is 0.171. The van der Waals surface area contributed by atoms with Gasteiger partial charge in [0, 0.05) is 36.1 Å². The van der Waals surface area contributed by atoms with Gasteiger partial charge in [0.25, 0.3) is 0 Å². The first kappa shape index (κ1) is 25.6. The molecule has 0 amide bonds. The van der Waals surface area contributed by atoms with Gasteiger partial charge in [0.15, 0.2) is 11.5 Å². The van der Waals surface area contributed by atoms with Gasteiger partial charge in [-0.3, -0.25) is 4.98 Å². The van der Waals surface area contributed by atoms with E-state index in [9.17, 15) is 0 Å². The molecular weight excluding hydrogens is 546 g/mol. The predicted octanol–water partition coefficient (Wildman–Crippen LogP) is 6.08. The Kier molecular flexibility index (Phi) is 7.78. The maximum absolute atomic E-state index is 9.12. The Morgan fingerprint density at radius 1 is 0.947 bits per heavy atom. The van der Waals surface area contributed by atoms with Gasteiger partial charge in [-0.2, -0.15) is 5.26 Å². The van der Waals surface area contributed by atoms with Gasteiger partial charge < -0.3 is 24.7 Å². The van der Waals surface area contributed by atoms with E-state index in [0.717, 1.165) is 49.4 Å². The van der Waals surface area contributed by atoms with E-state index in [1.54, 1.807) is 12.3 Å². The predicted molar refractivity (Wildman–Crippen MR) is 147 cm³/mol. The Morgan fingerprint density at radius 3 is 2.58 bits per heavy atom. The van der Waals surface area contributed by atoms with Crippen molar-refractivity contribution in [2.75, 3.05) is 13.2 Å². The molecule has 0 atom stereocenters. The first-order valence-electron chi connectivity index (χ1n) is 12.2. The van der Waals surface area contributed by atoms with Gasteiger partial charge in [-0.15, -0.1) is 0 Å². The molecule has 0 aliphatic carbocycles. The van der Waals surface area contributed by atoms with Crippen LogP contribution in [0.3, 0.4) is 0 Å². The van der Waals surface area contributed by atoms with Crippen LogP contribution < -0.4 is 24.7 Å². The van der Waals surface area contributed by atoms with Gasteiger partial charge in [-0.1, -0.05) is 24.3 Å². The molecule has 8 heteroatoms. The molecule has 7 nitrogen and oxygen atoms in total. The largest absolute Gasteiger partial charge is 0.488 e. The third-order valence-electron chi connectivity index (χ3n) is 6.34. The molecule has 3 aromatic carbocycles. The Balaban J connectivity index is 1.34. The Labute approximate surface area is 229 Å². The van der Waals surface area contributed by atoms with Gasteiger partial charge in [-0.05, 0) is 69.4 Å². The number of benzene rings is 3. The summed E-state index contributed by atoms with van der Waals surface area (Å²) in [5.74, 6) is 2.80. The fourth-order valence-electron chi connectivity index (χ4n) is 4.29. The summed E-state index contributed by atoms with van der Waals surface area (Å²) in [5.41, 5.74) is 12.4. The second-order valence-electron chi connectivity index (χ2n) is 8.81. The molecule has 2 N–H and O–H groups in total. The van der Waals surface area contributed by atoms with Crippen molar-refractivity contribution in [3.63, 3.8) is 0 Å². The summed E-state index contributed by atoms with van der Waals surface area (Å²) in [7, 11) is 0. The van der Waals surface area contributed by atoms with Crippen LogP contribution >= 0.6 is 15.9 Å². The van der Waals surface area contributed by atoms with E-state index in [0.29, 0.717) is 43.4 Å². The molecule has 0 spiro atoms. The van der Waals surface area contributed by atoms with Crippen LogP contribution in [-0.2, 0) is 19.8 Å². The molecule has 0 saturated carbocycles. The van der Waals surface area contributed by atoms with E-state index in [1.807, 2.05) is 36.4 Å². The van der Waals surface area contributed by atoms with E-state index >= 15 is 0 Å². The zero-order chi connectivity index (χ0) is 26.5. The third kappa shape index (κ3) is 5.59. The lowest BCUT2D eigenvalue weighted by Crippen LogP contribution is -2.15. The highest BCUT2D eigenvalue weighted by molar-refractivity contribution is 9.10. The van der Waals surface area contributed by atoms with Crippen molar-refractivity contribution < 1.29 is 18.9 Å². The minimum absolute atomic E-state index is 0.257. The highest BCUT2D eigenvalue weighted by Gasteiger charge is 2.15. The number of fused-ring (bicyclic) bond motifs is 1. The maximum atomic E-state index is 9.12. The summed E-state index contributed by atoms with van der Waals surface area (Å²) in [6.07, 6.45) is 3.20. The van der Waals surface area contributed by atoms with Crippen LogP contribution in [0.2, 0.25) is 0 Å². The number of hydrogen-bond donors (Lipinski definition) is 1. The van der Waals surface area contributed by atoms with Gasteiger partial charge in [0.1, 0.15) is 44.0 Å². The lowest BCUT2D eigenvalue weighted by atomic mass is 9.96. The average Bonchev–Trinajstić information content (AvgIpc) is 2.96. The molecule has 192 valence electrons. The number of pyridine rings is 1. The molecule has 4 aromatic rings. The number of hydrogen-bond acceptors (Lipinski definition) is 7. The van der Waals surface area contributed by atoms with Crippen LogP contribution in [0.15, 0.2) is 71.5 Å². The van der Waals surface area contributed by atoms with Crippen LogP contribution in [0, 0.1) is 18.3 Å². The second-order valence-corrected chi connectivity index (χ2v) is 9.67. The Morgan fingerprint density at radius 2 is 1.76 bits per heavy atom. The van der Waals surface area contributed by atoms with Crippen LogP contribution in [0.25, 0.3) is 11.1 Å². The Bertz CT molecular complexity index is 1520. The fraction of sp³-hybridized carbons (Fsp3) is 0.200. The molecule has 0 unspecified atom stereocenters. The van der Waals surface area contributed by atoms with Crippen molar-refractivity contribution >= 4 is 15.9 Å². The standard InChI is InChI=1S/C30H26BrN3O4/c1-19-23(3-2-4-25(19)22-5-6-27-30(11-22)36-8-7-35-27)18-38-29-12-28(24(14-33)10-26(29)31)37-17-21-9-20(13-32)15-34-16-21/h2-6,9-12,15-16H,7-8,14,17-18,33H2,1H3. The molecule has 0 saturated heterocycles. The number of nitrogens with two attached hydrogens (primary N) is 1. The minimum atomic E-state index is 0.257. The highest BCUT2D eigenvalue weighted by Crippen LogP contribution is 2.37. The number of rotatable bonds is 8. The SMILES string of the molecule is Cc1c(COc2cc(OCc3cncc(C#N)c3)c(CN)cc2Br)cccc1-c1ccc2c(c1)OCCO2. The average molecular weight is 572 g/mol. The molecule has 5 rings (SSSR count). The van der Waals surface area contributed by atoms with E-state index < -0.39 is 0 Å². The van der Waals surface area contributed by atoms with Crippen LogP contribution in [0.4, 0.5) is 0 Å². The molecule has 0 fully saturated rings. The summed E-state index contributed by atoms with van der Waals surface area (Å²) in [4.78, 5) is 4.09. The number of nitriles is 1. The lowest BCUT2D eigenvalue weighted by Gasteiger charge is -2.20. The Hall–Kier alpha value is -4.06. The molecule has 38 heavy (non-hydrogen) atoms. The highest BCUT2D eigenvalue weighted by atomic mass is 79.9. The molecule has 1 aromatic heterocycles. The maximum Gasteiger partial charge on any atom is 0.161 e. The first-order valence-corrected chi connectivity index (χ1v) is 13.0. The van der Waals surface area contributed by atoms with Crippen molar-refractivity contribution in [3.05, 3.63) is 99.3 Å². The van der Waals surface area contributed by atoms with E-state index in [1.165, 1.54) is 6.20 Å². The van der Waals surface area contributed by atoms with Crippen molar-refractivity contribution in [3.8, 4) is 40.2 Å². The summed E-state index contributed by atoms with van der Waals surface area (Å²) in [5, 5.41) is 9.12. The zero-order valence-electron chi connectivity index (χ0n) is 20.9. The second kappa shape index (κ2) is 11.5. The van der Waals surface area contributed by atoms with Gasteiger partial charge in [-0.25, -0.2) is 0 Å². The molecular formula is C30H26BrN3O4. The third-order valence-corrected chi connectivity index (χ3v) is 6.96. The number of aromatic nitrogens is 1. The quantitative estimate of drug-likeness (QED) is 0.273. The minimum Gasteiger partial charge on any atom is -0.488 e.